The molecule has 2 aromatic rings. The Bertz CT molecular complexity index is 891. The average Bonchev–Trinajstić information content (AvgIpc) is 2.60. The Kier molecular flexibility index (Phi) is 4.38. The van der Waals surface area contributed by atoms with E-state index in [-0.39, 0.29) is 17.2 Å². The molecule has 1 aliphatic heterocycles. The first kappa shape index (κ1) is 17.5. The number of phenolic OH excluding ortho intramolecular Hbond substituents is 1. The standard InChI is InChI=1S/C19H18N2O5/c1-19(2)18(25)20-13-8-4-5-9-14(13)21(19)16(23)11-26-17(24)12-7-3-6-10-15(12)22/h3-10,22H,11H2,1-2H3,(H,20,25). The van der Waals surface area contributed by atoms with Gasteiger partial charge in [-0.25, -0.2) is 4.79 Å². The fourth-order valence-electron chi connectivity index (χ4n) is 2.81. The highest BCUT2D eigenvalue weighted by atomic mass is 16.5. The summed E-state index contributed by atoms with van der Waals surface area (Å²) in [5.41, 5.74) is -0.138. The predicted octanol–water partition coefficient (Wildman–Crippen LogP) is 2.31. The number of carbonyl (C=O) groups excluding carboxylic acids is 3. The molecule has 2 aromatic carbocycles. The van der Waals surface area contributed by atoms with Gasteiger partial charge in [0, 0.05) is 0 Å². The van der Waals surface area contributed by atoms with E-state index in [2.05, 4.69) is 5.32 Å². The monoisotopic (exact) mass is 354 g/mol. The third kappa shape index (κ3) is 2.99. The first-order valence-electron chi connectivity index (χ1n) is 8.01. The third-order valence-corrected chi connectivity index (χ3v) is 4.21. The number of benzene rings is 2. The highest BCUT2D eigenvalue weighted by molar-refractivity contribution is 6.14. The molecule has 0 aliphatic carbocycles. The van der Waals surface area contributed by atoms with Gasteiger partial charge in [0.05, 0.1) is 11.4 Å². The lowest BCUT2D eigenvalue weighted by atomic mass is 9.96. The Morgan fingerprint density at radius 3 is 2.50 bits per heavy atom. The number of hydrogen-bond acceptors (Lipinski definition) is 5. The smallest absolute Gasteiger partial charge is 0.342 e. The molecular formula is C19H18N2O5. The Labute approximate surface area is 150 Å². The van der Waals surface area contributed by atoms with Crippen molar-refractivity contribution in [3.63, 3.8) is 0 Å². The van der Waals surface area contributed by atoms with Crippen LogP contribution in [0.25, 0.3) is 0 Å². The highest BCUT2D eigenvalue weighted by Crippen LogP contribution is 2.36. The number of carbonyl (C=O) groups is 3. The molecule has 0 aromatic heterocycles. The van der Waals surface area contributed by atoms with Crippen molar-refractivity contribution in [1.29, 1.82) is 0 Å². The third-order valence-electron chi connectivity index (χ3n) is 4.21. The number of fused-ring (bicyclic) bond motifs is 1. The topological polar surface area (TPSA) is 95.9 Å². The molecule has 134 valence electrons. The number of hydrogen-bond donors (Lipinski definition) is 2. The van der Waals surface area contributed by atoms with Crippen LogP contribution in [0.3, 0.4) is 0 Å². The SMILES string of the molecule is CC1(C)C(=O)Nc2ccccc2N1C(=O)COC(=O)c1ccccc1O. The molecule has 2 N–H and O–H groups in total. The van der Waals surface area contributed by atoms with Crippen LogP contribution in [0, 0.1) is 0 Å². The van der Waals surface area contributed by atoms with Gasteiger partial charge >= 0.3 is 5.97 Å². The number of nitrogens with one attached hydrogen (secondary N) is 1. The molecule has 0 bridgehead atoms. The van der Waals surface area contributed by atoms with Crippen LogP contribution in [0.2, 0.25) is 0 Å². The minimum atomic E-state index is -1.15. The van der Waals surface area contributed by atoms with Gasteiger partial charge in [0.2, 0.25) is 5.91 Å². The number of amides is 2. The van der Waals surface area contributed by atoms with Crippen LogP contribution in [-0.4, -0.2) is 35.0 Å². The van der Waals surface area contributed by atoms with E-state index in [1.54, 1.807) is 50.2 Å². The van der Waals surface area contributed by atoms with Crippen LogP contribution in [0.4, 0.5) is 11.4 Å². The summed E-state index contributed by atoms with van der Waals surface area (Å²) in [6.45, 7) is 2.67. The van der Waals surface area contributed by atoms with E-state index in [0.717, 1.165) is 0 Å². The van der Waals surface area contributed by atoms with Crippen LogP contribution in [0.5, 0.6) is 5.75 Å². The number of nitrogens with zero attached hydrogens (tertiary/aromatic N) is 1. The van der Waals surface area contributed by atoms with Gasteiger partial charge < -0.3 is 15.2 Å². The lowest BCUT2D eigenvalue weighted by Gasteiger charge is -2.41. The van der Waals surface area contributed by atoms with Gasteiger partial charge in [-0.05, 0) is 38.1 Å². The lowest BCUT2D eigenvalue weighted by molar-refractivity contribution is -0.128. The van der Waals surface area contributed by atoms with Crippen LogP contribution < -0.4 is 10.2 Å². The fraction of sp³-hybridized carbons (Fsp3) is 0.211. The van der Waals surface area contributed by atoms with Crippen LogP contribution in [0.1, 0.15) is 24.2 Å². The van der Waals surface area contributed by atoms with Crippen LogP contribution in [-0.2, 0) is 14.3 Å². The van der Waals surface area contributed by atoms with Crippen LogP contribution >= 0.6 is 0 Å². The zero-order chi connectivity index (χ0) is 18.9. The quantitative estimate of drug-likeness (QED) is 0.825. The molecule has 26 heavy (non-hydrogen) atoms. The van der Waals surface area contributed by atoms with E-state index in [1.807, 2.05) is 0 Å². The van der Waals surface area contributed by atoms with Crippen molar-refractivity contribution in [3.05, 3.63) is 54.1 Å². The predicted molar refractivity (Wildman–Crippen MR) is 95.0 cm³/mol. The number of para-hydroxylation sites is 3. The summed E-state index contributed by atoms with van der Waals surface area (Å²) in [5, 5.41) is 12.5. The summed E-state index contributed by atoms with van der Waals surface area (Å²) < 4.78 is 5.05. The first-order chi connectivity index (χ1) is 12.3. The molecule has 7 heteroatoms. The van der Waals surface area contributed by atoms with E-state index in [1.165, 1.54) is 17.0 Å². The molecule has 2 amide bonds. The van der Waals surface area contributed by atoms with Gasteiger partial charge in [0.25, 0.3) is 5.91 Å². The number of phenols is 1. The highest BCUT2D eigenvalue weighted by Gasteiger charge is 2.43. The van der Waals surface area contributed by atoms with Gasteiger partial charge in [-0.15, -0.1) is 0 Å². The zero-order valence-electron chi connectivity index (χ0n) is 14.4. The van der Waals surface area contributed by atoms with Crippen molar-refractivity contribution < 1.29 is 24.2 Å². The van der Waals surface area contributed by atoms with E-state index in [0.29, 0.717) is 11.4 Å². The summed E-state index contributed by atoms with van der Waals surface area (Å²) in [6, 6.07) is 12.8. The molecule has 0 unspecified atom stereocenters. The molecule has 0 spiro atoms. The van der Waals surface area contributed by atoms with Gasteiger partial charge in [-0.2, -0.15) is 0 Å². The van der Waals surface area contributed by atoms with Crippen molar-refractivity contribution in [3.8, 4) is 5.75 Å². The van der Waals surface area contributed by atoms with E-state index in [9.17, 15) is 19.5 Å². The van der Waals surface area contributed by atoms with Gasteiger partial charge in [-0.3, -0.25) is 14.5 Å². The molecule has 0 fully saturated rings. The maximum atomic E-state index is 12.7. The van der Waals surface area contributed by atoms with E-state index >= 15 is 0 Å². The normalized spacial score (nSPS) is 15.0. The molecule has 1 aliphatic rings. The van der Waals surface area contributed by atoms with Gasteiger partial charge in [-0.1, -0.05) is 24.3 Å². The van der Waals surface area contributed by atoms with Crippen molar-refractivity contribution >= 4 is 29.2 Å². The number of anilines is 2. The molecule has 0 saturated carbocycles. The molecule has 7 nitrogen and oxygen atoms in total. The maximum Gasteiger partial charge on any atom is 0.342 e. The van der Waals surface area contributed by atoms with Crippen LogP contribution in [0.15, 0.2) is 48.5 Å². The zero-order valence-corrected chi connectivity index (χ0v) is 14.4. The van der Waals surface area contributed by atoms with Gasteiger partial charge in [0.1, 0.15) is 16.9 Å². The molecule has 0 atom stereocenters. The Morgan fingerprint density at radius 2 is 1.77 bits per heavy atom. The lowest BCUT2D eigenvalue weighted by Crippen LogP contribution is -2.59. The Balaban J connectivity index is 1.82. The molecule has 3 rings (SSSR count). The van der Waals surface area contributed by atoms with Crippen molar-refractivity contribution in [2.75, 3.05) is 16.8 Å². The van der Waals surface area contributed by atoms with Gasteiger partial charge in [0.15, 0.2) is 6.61 Å². The summed E-state index contributed by atoms with van der Waals surface area (Å²) in [4.78, 5) is 38.5. The van der Waals surface area contributed by atoms with E-state index < -0.39 is 24.0 Å². The summed E-state index contributed by atoms with van der Waals surface area (Å²) in [5.74, 6) is -1.92. The number of aromatic hydroxyl groups is 1. The Morgan fingerprint density at radius 1 is 1.12 bits per heavy atom. The number of rotatable bonds is 3. The second kappa shape index (κ2) is 6.51. The first-order valence-corrected chi connectivity index (χ1v) is 8.01. The van der Waals surface area contributed by atoms with Crippen molar-refractivity contribution in [2.45, 2.75) is 19.4 Å². The number of ether oxygens (including phenoxy) is 1. The van der Waals surface area contributed by atoms with E-state index in [4.69, 9.17) is 4.74 Å². The second-order valence-electron chi connectivity index (χ2n) is 6.35. The molecular weight excluding hydrogens is 336 g/mol. The minimum Gasteiger partial charge on any atom is -0.507 e. The Hall–Kier alpha value is -3.35. The fourth-order valence-corrected chi connectivity index (χ4v) is 2.81. The second-order valence-corrected chi connectivity index (χ2v) is 6.35. The molecule has 0 radical (unpaired) electrons. The molecule has 1 heterocycles. The summed E-state index contributed by atoms with van der Waals surface area (Å²) in [6.07, 6.45) is 0. The summed E-state index contributed by atoms with van der Waals surface area (Å²) >= 11 is 0. The largest absolute Gasteiger partial charge is 0.507 e. The maximum absolute atomic E-state index is 12.7. The summed E-state index contributed by atoms with van der Waals surface area (Å²) in [7, 11) is 0. The van der Waals surface area contributed by atoms with Crippen molar-refractivity contribution in [1.82, 2.24) is 0 Å². The minimum absolute atomic E-state index is 0.0312. The average molecular weight is 354 g/mol. The number of esters is 1. The molecule has 0 saturated heterocycles. The van der Waals surface area contributed by atoms with Crippen molar-refractivity contribution in [2.24, 2.45) is 0 Å².